The van der Waals surface area contributed by atoms with E-state index in [2.05, 4.69) is 15.2 Å². The molecule has 0 fully saturated rings. The molecule has 1 aliphatic heterocycles. The van der Waals surface area contributed by atoms with Crippen LogP contribution in [0.3, 0.4) is 0 Å². The minimum absolute atomic E-state index is 0.0113. The highest BCUT2D eigenvalue weighted by molar-refractivity contribution is 6.30. The van der Waals surface area contributed by atoms with Crippen LogP contribution in [0.25, 0.3) is 10.5 Å². The molecule has 194 valence electrons. The maximum atomic E-state index is 14.5. The van der Waals surface area contributed by atoms with E-state index in [1.165, 1.54) is 41.4 Å². The van der Waals surface area contributed by atoms with E-state index < -0.39 is 23.7 Å². The van der Waals surface area contributed by atoms with Crippen LogP contribution in [-0.2, 0) is 17.6 Å². The van der Waals surface area contributed by atoms with E-state index in [9.17, 15) is 18.8 Å². The van der Waals surface area contributed by atoms with Crippen molar-refractivity contribution in [2.24, 2.45) is 0 Å². The Labute approximate surface area is 226 Å². The summed E-state index contributed by atoms with van der Waals surface area (Å²) in [6, 6.07) is 14.3. The Balaban J connectivity index is 1.50. The molecule has 4 aromatic rings. The molecule has 9 nitrogen and oxygen atoms in total. The van der Waals surface area contributed by atoms with Crippen LogP contribution in [0.1, 0.15) is 43.6 Å². The summed E-state index contributed by atoms with van der Waals surface area (Å²) in [6.45, 7) is 7.67. The quantitative estimate of drug-likeness (QED) is 0.348. The summed E-state index contributed by atoms with van der Waals surface area (Å²) < 4.78 is 15.6. The third kappa shape index (κ3) is 4.87. The number of aromatic carboxylic acids is 1. The van der Waals surface area contributed by atoms with Gasteiger partial charge >= 0.3 is 5.97 Å². The fourth-order valence-electron chi connectivity index (χ4n) is 4.68. The highest BCUT2D eigenvalue weighted by Gasteiger charge is 2.37. The molecular weight excluding hydrogens is 525 g/mol. The van der Waals surface area contributed by atoms with E-state index in [0.29, 0.717) is 28.8 Å². The zero-order chi connectivity index (χ0) is 27.7. The highest BCUT2D eigenvalue weighted by Crippen LogP contribution is 2.37. The Morgan fingerprint density at radius 3 is 2.56 bits per heavy atom. The molecule has 0 spiro atoms. The van der Waals surface area contributed by atoms with Gasteiger partial charge in [-0.15, -0.1) is 5.10 Å². The first kappa shape index (κ1) is 25.8. The lowest BCUT2D eigenvalue weighted by Crippen LogP contribution is -2.44. The van der Waals surface area contributed by atoms with E-state index in [1.807, 2.05) is 0 Å². The number of carbonyl (C=O) groups excluding carboxylic acids is 2. The molecule has 3 aromatic carbocycles. The molecule has 5 rings (SSSR count). The Hall–Kier alpha value is -4.88. The minimum Gasteiger partial charge on any atom is -0.478 e. The van der Waals surface area contributed by atoms with Gasteiger partial charge in [-0.25, -0.2) is 18.7 Å². The number of amides is 1. The molecule has 0 saturated carbocycles. The third-order valence-electron chi connectivity index (χ3n) is 6.55. The summed E-state index contributed by atoms with van der Waals surface area (Å²) in [4.78, 5) is 43.5. The Kier molecular flexibility index (Phi) is 6.92. The number of benzene rings is 3. The number of carboxylic acid groups (broad SMARTS) is 1. The number of hydrogen-bond donors (Lipinski definition) is 1. The van der Waals surface area contributed by atoms with Gasteiger partial charge in [0.15, 0.2) is 23.0 Å². The summed E-state index contributed by atoms with van der Waals surface area (Å²) in [5.74, 6) is -2.70. The molecule has 1 unspecified atom stereocenters. The number of carbonyl (C=O) groups is 3. The van der Waals surface area contributed by atoms with Gasteiger partial charge in [-0.2, -0.15) is 0 Å². The number of hydrogen-bond acceptors (Lipinski definition) is 5. The van der Waals surface area contributed by atoms with Gasteiger partial charge in [0.2, 0.25) is 0 Å². The van der Waals surface area contributed by atoms with Gasteiger partial charge in [0.25, 0.3) is 5.91 Å². The summed E-state index contributed by atoms with van der Waals surface area (Å²) in [7, 11) is 0. The van der Waals surface area contributed by atoms with E-state index in [4.69, 9.17) is 23.3 Å². The van der Waals surface area contributed by atoms with Gasteiger partial charge in [0, 0.05) is 13.0 Å². The second-order valence-electron chi connectivity index (χ2n) is 8.87. The number of aromatic nitrogens is 3. The molecular formula is C28H19ClFN5O4. The van der Waals surface area contributed by atoms with Crippen LogP contribution in [0.4, 0.5) is 10.1 Å². The average molecular weight is 544 g/mol. The number of Topliss-reactive ketones (excluding diaryl/α,β-unsaturated/α-hetero) is 1. The molecule has 0 aliphatic carbocycles. The van der Waals surface area contributed by atoms with Crippen molar-refractivity contribution in [1.82, 2.24) is 19.9 Å². The van der Waals surface area contributed by atoms with Crippen LogP contribution in [-0.4, -0.2) is 49.2 Å². The molecule has 1 N–H and O–H groups in total. The number of carboxylic acids is 1. The van der Waals surface area contributed by atoms with Crippen LogP contribution in [0.5, 0.6) is 0 Å². The standard InChI is InChI=1S/C28H19ClFN5O4/c1-31-21-6-2-4-19-18(21)12-13-34(26(19)24(36)14-16-8-10-17(11-9-16)28(38)39)27(37)22-15-35(33-32-22)23-7-3-5-20(29)25(23)30/h2-11,15,26H,12-14H2,(H,38,39). The van der Waals surface area contributed by atoms with Crippen LogP contribution in [0.2, 0.25) is 5.02 Å². The average Bonchev–Trinajstić information content (AvgIpc) is 3.43. The number of rotatable bonds is 6. The number of ketones is 1. The predicted octanol–water partition coefficient (Wildman–Crippen LogP) is 4.86. The van der Waals surface area contributed by atoms with Crippen molar-refractivity contribution in [3.8, 4) is 5.69 Å². The monoisotopic (exact) mass is 543 g/mol. The largest absolute Gasteiger partial charge is 0.478 e. The predicted molar refractivity (Wildman–Crippen MR) is 139 cm³/mol. The SMILES string of the molecule is [C-]#[N+]c1cccc2c1CCN(C(=O)c1cn(-c3cccc(Cl)c3F)nn1)C2C(=O)Cc1ccc(C(=O)O)cc1. The van der Waals surface area contributed by atoms with Crippen molar-refractivity contribution in [2.75, 3.05) is 6.54 Å². The van der Waals surface area contributed by atoms with E-state index >= 15 is 0 Å². The molecule has 0 radical (unpaired) electrons. The van der Waals surface area contributed by atoms with Crippen LogP contribution in [0, 0.1) is 12.4 Å². The molecule has 39 heavy (non-hydrogen) atoms. The maximum absolute atomic E-state index is 14.5. The summed E-state index contributed by atoms with van der Waals surface area (Å²) >= 11 is 5.87. The lowest BCUT2D eigenvalue weighted by atomic mass is 9.87. The van der Waals surface area contributed by atoms with E-state index in [0.717, 1.165) is 4.68 Å². The number of halogens is 2. The van der Waals surface area contributed by atoms with Gasteiger partial charge in [0.05, 0.1) is 23.4 Å². The molecule has 0 saturated heterocycles. The van der Waals surface area contributed by atoms with Gasteiger partial charge < -0.3 is 10.0 Å². The molecule has 1 aromatic heterocycles. The summed E-state index contributed by atoms with van der Waals surface area (Å²) in [5.41, 5.74) is 2.23. The van der Waals surface area contributed by atoms with Gasteiger partial charge in [0.1, 0.15) is 11.7 Å². The molecule has 1 amide bonds. The van der Waals surface area contributed by atoms with Gasteiger partial charge in [-0.3, -0.25) is 9.59 Å². The fraction of sp³-hybridized carbons (Fsp3) is 0.143. The zero-order valence-corrected chi connectivity index (χ0v) is 21.0. The zero-order valence-electron chi connectivity index (χ0n) is 20.2. The van der Waals surface area contributed by atoms with Crippen molar-refractivity contribution in [3.63, 3.8) is 0 Å². The van der Waals surface area contributed by atoms with E-state index in [1.54, 1.807) is 30.3 Å². The lowest BCUT2D eigenvalue weighted by molar-refractivity contribution is -0.123. The molecule has 1 aliphatic rings. The van der Waals surface area contributed by atoms with E-state index in [-0.39, 0.29) is 40.7 Å². The molecule has 1 atom stereocenters. The van der Waals surface area contributed by atoms with Crippen molar-refractivity contribution >= 4 is 34.9 Å². The highest BCUT2D eigenvalue weighted by atomic mass is 35.5. The maximum Gasteiger partial charge on any atom is 0.335 e. The number of nitrogens with zero attached hydrogens (tertiary/aromatic N) is 5. The number of fused-ring (bicyclic) bond motifs is 1. The van der Waals surface area contributed by atoms with Crippen molar-refractivity contribution in [2.45, 2.75) is 18.9 Å². The second-order valence-corrected chi connectivity index (χ2v) is 9.28. The van der Waals surface area contributed by atoms with Crippen molar-refractivity contribution < 1.29 is 23.9 Å². The summed E-state index contributed by atoms with van der Waals surface area (Å²) in [5, 5.41) is 16.9. The molecule has 11 heteroatoms. The lowest BCUT2D eigenvalue weighted by Gasteiger charge is -2.36. The van der Waals surface area contributed by atoms with Crippen LogP contribution < -0.4 is 0 Å². The van der Waals surface area contributed by atoms with Gasteiger partial charge in [-0.05, 0) is 47.4 Å². The van der Waals surface area contributed by atoms with Crippen LogP contribution in [0.15, 0.2) is 66.9 Å². The van der Waals surface area contributed by atoms with Crippen molar-refractivity contribution in [1.29, 1.82) is 0 Å². The minimum atomic E-state index is -1.08. The second kappa shape index (κ2) is 10.5. The summed E-state index contributed by atoms with van der Waals surface area (Å²) in [6.07, 6.45) is 1.55. The third-order valence-corrected chi connectivity index (χ3v) is 6.84. The molecule has 2 heterocycles. The first-order valence-electron chi connectivity index (χ1n) is 11.8. The van der Waals surface area contributed by atoms with Crippen molar-refractivity contribution in [3.05, 3.63) is 117 Å². The van der Waals surface area contributed by atoms with Crippen LogP contribution >= 0.6 is 11.6 Å². The topological polar surface area (TPSA) is 110 Å². The Morgan fingerprint density at radius 1 is 1.10 bits per heavy atom. The Bertz CT molecular complexity index is 1660. The molecule has 0 bridgehead atoms. The first-order valence-corrected chi connectivity index (χ1v) is 12.2. The van der Waals surface area contributed by atoms with Gasteiger partial charge in [-0.1, -0.05) is 53.2 Å². The first-order chi connectivity index (χ1) is 18.8. The normalized spacial score (nSPS) is 14.4. The fourth-order valence-corrected chi connectivity index (χ4v) is 4.85. The Morgan fingerprint density at radius 2 is 1.85 bits per heavy atom. The smallest absolute Gasteiger partial charge is 0.335 e.